The Morgan fingerprint density at radius 2 is 2.17 bits per heavy atom. The molecule has 0 aromatic carbocycles. The van der Waals surface area contributed by atoms with Crippen LogP contribution in [0.1, 0.15) is 44.4 Å². The third kappa shape index (κ3) is 3.04. The van der Waals surface area contributed by atoms with E-state index in [0.29, 0.717) is 11.3 Å². The Bertz CT molecular complexity index is 421. The van der Waals surface area contributed by atoms with E-state index < -0.39 is 0 Å². The lowest BCUT2D eigenvalue weighted by Gasteiger charge is -2.23. The number of nitrogens with one attached hydrogen (secondary N) is 1. The molecule has 18 heavy (non-hydrogen) atoms. The van der Waals surface area contributed by atoms with Gasteiger partial charge in [-0.2, -0.15) is 0 Å². The van der Waals surface area contributed by atoms with Gasteiger partial charge in [-0.05, 0) is 32.9 Å². The molecule has 0 radical (unpaired) electrons. The van der Waals surface area contributed by atoms with E-state index >= 15 is 0 Å². The maximum absolute atomic E-state index is 11.2. The molecule has 0 bridgehead atoms. The van der Waals surface area contributed by atoms with Crippen molar-refractivity contribution in [2.24, 2.45) is 0 Å². The molecule has 5 heteroatoms. The second-order valence-corrected chi connectivity index (χ2v) is 4.48. The largest absolute Gasteiger partial charge is 0.314 e. The molecule has 1 aromatic rings. The highest BCUT2D eigenvalue weighted by Crippen LogP contribution is 2.31. The van der Waals surface area contributed by atoms with Gasteiger partial charge in [-0.25, -0.2) is 0 Å². The van der Waals surface area contributed by atoms with Crippen LogP contribution in [0.25, 0.3) is 0 Å². The van der Waals surface area contributed by atoms with E-state index in [1.54, 1.807) is 19.2 Å². The molecular formula is C13H21N3O2. The summed E-state index contributed by atoms with van der Waals surface area (Å²) in [6.45, 7) is 8.71. The summed E-state index contributed by atoms with van der Waals surface area (Å²) < 4.78 is 0. The SMILES string of the molecule is CCNC(C)C(CC)c1nccc(C)c1[N+](=O)[O-]. The molecule has 0 amide bonds. The van der Waals surface area contributed by atoms with Gasteiger partial charge >= 0.3 is 0 Å². The number of pyridine rings is 1. The van der Waals surface area contributed by atoms with Crippen LogP contribution in [0.15, 0.2) is 12.3 Å². The quantitative estimate of drug-likeness (QED) is 0.623. The van der Waals surface area contributed by atoms with Crippen LogP contribution >= 0.6 is 0 Å². The van der Waals surface area contributed by atoms with Crippen molar-refractivity contribution in [2.45, 2.75) is 46.1 Å². The van der Waals surface area contributed by atoms with E-state index in [4.69, 9.17) is 0 Å². The third-order valence-electron chi connectivity index (χ3n) is 3.26. The molecule has 1 rings (SSSR count). The molecule has 0 saturated carbocycles. The average molecular weight is 251 g/mol. The fraction of sp³-hybridized carbons (Fsp3) is 0.615. The van der Waals surface area contributed by atoms with Crippen molar-refractivity contribution in [3.8, 4) is 0 Å². The Kier molecular flexibility index (Phi) is 5.22. The predicted molar refractivity (Wildman–Crippen MR) is 71.8 cm³/mol. The van der Waals surface area contributed by atoms with E-state index in [-0.39, 0.29) is 22.6 Å². The summed E-state index contributed by atoms with van der Waals surface area (Å²) in [6.07, 6.45) is 2.48. The number of hydrogen-bond donors (Lipinski definition) is 1. The highest BCUT2D eigenvalue weighted by molar-refractivity contribution is 5.45. The summed E-state index contributed by atoms with van der Waals surface area (Å²) in [5.41, 5.74) is 1.43. The Hall–Kier alpha value is -1.49. The molecule has 100 valence electrons. The standard InChI is InChI=1S/C13H21N3O2/c1-5-11(10(4)14-6-2)12-13(16(17)18)9(3)7-8-15-12/h7-8,10-11,14H,5-6H2,1-4H3. The lowest BCUT2D eigenvalue weighted by atomic mass is 9.92. The molecule has 0 aliphatic rings. The summed E-state index contributed by atoms with van der Waals surface area (Å²) in [5.74, 6) is 0.0604. The van der Waals surface area contributed by atoms with Gasteiger partial charge in [0.05, 0.1) is 4.92 Å². The fourth-order valence-corrected chi connectivity index (χ4v) is 2.33. The number of hydrogen-bond acceptors (Lipinski definition) is 4. The van der Waals surface area contributed by atoms with Gasteiger partial charge in [0.2, 0.25) is 0 Å². The molecule has 1 aromatic heterocycles. The van der Waals surface area contributed by atoms with Gasteiger partial charge in [0, 0.05) is 23.7 Å². The molecule has 1 heterocycles. The van der Waals surface area contributed by atoms with Gasteiger partial charge < -0.3 is 5.32 Å². The second kappa shape index (κ2) is 6.44. The minimum Gasteiger partial charge on any atom is -0.314 e. The summed E-state index contributed by atoms with van der Waals surface area (Å²) >= 11 is 0. The van der Waals surface area contributed by atoms with Crippen LogP contribution in [0.5, 0.6) is 0 Å². The zero-order chi connectivity index (χ0) is 13.7. The van der Waals surface area contributed by atoms with E-state index in [9.17, 15) is 10.1 Å². The number of aryl methyl sites for hydroxylation is 1. The topological polar surface area (TPSA) is 68.1 Å². The Morgan fingerprint density at radius 3 is 2.67 bits per heavy atom. The predicted octanol–water partition coefficient (Wildman–Crippen LogP) is 2.79. The highest BCUT2D eigenvalue weighted by Gasteiger charge is 2.28. The molecule has 0 fully saturated rings. The van der Waals surface area contributed by atoms with E-state index in [0.717, 1.165) is 13.0 Å². The summed E-state index contributed by atoms with van der Waals surface area (Å²) in [7, 11) is 0. The van der Waals surface area contributed by atoms with Crippen molar-refractivity contribution < 1.29 is 4.92 Å². The molecule has 2 atom stereocenters. The van der Waals surface area contributed by atoms with Gasteiger partial charge in [-0.3, -0.25) is 15.1 Å². The minimum absolute atomic E-state index is 0.0604. The lowest BCUT2D eigenvalue weighted by molar-refractivity contribution is -0.386. The van der Waals surface area contributed by atoms with Crippen LogP contribution < -0.4 is 5.32 Å². The first-order valence-corrected chi connectivity index (χ1v) is 6.36. The fourth-order valence-electron chi connectivity index (χ4n) is 2.33. The first kappa shape index (κ1) is 14.6. The van der Waals surface area contributed by atoms with Crippen LogP contribution in [0.2, 0.25) is 0 Å². The van der Waals surface area contributed by atoms with Crippen LogP contribution in [0.4, 0.5) is 5.69 Å². The number of nitro groups is 1. The van der Waals surface area contributed by atoms with Gasteiger partial charge in [0.25, 0.3) is 5.69 Å². The Labute approximate surface area is 108 Å². The van der Waals surface area contributed by atoms with Crippen LogP contribution in [-0.2, 0) is 0 Å². The van der Waals surface area contributed by atoms with Crippen LogP contribution in [0, 0.1) is 17.0 Å². The molecule has 0 saturated heterocycles. The monoisotopic (exact) mass is 251 g/mol. The number of aromatic nitrogens is 1. The third-order valence-corrected chi connectivity index (χ3v) is 3.26. The number of likely N-dealkylation sites (N-methyl/N-ethyl adjacent to an activating group) is 1. The maximum atomic E-state index is 11.2. The van der Waals surface area contributed by atoms with E-state index in [1.165, 1.54) is 0 Å². The summed E-state index contributed by atoms with van der Waals surface area (Å²) in [6, 6.07) is 1.86. The van der Waals surface area contributed by atoms with Gasteiger partial charge in [0.15, 0.2) is 0 Å². The zero-order valence-corrected chi connectivity index (χ0v) is 11.4. The van der Waals surface area contributed by atoms with E-state index in [2.05, 4.69) is 10.3 Å². The summed E-state index contributed by atoms with van der Waals surface area (Å²) in [4.78, 5) is 15.1. The Balaban J connectivity index is 3.21. The first-order chi connectivity index (χ1) is 8.52. The minimum atomic E-state index is -0.320. The first-order valence-electron chi connectivity index (χ1n) is 6.36. The zero-order valence-electron chi connectivity index (χ0n) is 11.4. The molecule has 0 spiro atoms. The van der Waals surface area contributed by atoms with Crippen LogP contribution in [-0.4, -0.2) is 22.5 Å². The maximum Gasteiger partial charge on any atom is 0.293 e. The molecular weight excluding hydrogens is 230 g/mol. The van der Waals surface area contributed by atoms with Gasteiger partial charge in [0.1, 0.15) is 5.69 Å². The van der Waals surface area contributed by atoms with Crippen molar-refractivity contribution in [2.75, 3.05) is 6.54 Å². The average Bonchev–Trinajstić information content (AvgIpc) is 2.29. The van der Waals surface area contributed by atoms with Crippen molar-refractivity contribution in [3.63, 3.8) is 0 Å². The van der Waals surface area contributed by atoms with E-state index in [1.807, 2.05) is 20.8 Å². The Morgan fingerprint density at radius 1 is 1.50 bits per heavy atom. The number of nitrogens with zero attached hydrogens (tertiary/aromatic N) is 2. The van der Waals surface area contributed by atoms with Crippen molar-refractivity contribution in [1.29, 1.82) is 0 Å². The van der Waals surface area contributed by atoms with Crippen molar-refractivity contribution in [1.82, 2.24) is 10.3 Å². The second-order valence-electron chi connectivity index (χ2n) is 4.48. The molecule has 2 unspecified atom stereocenters. The smallest absolute Gasteiger partial charge is 0.293 e. The van der Waals surface area contributed by atoms with Crippen molar-refractivity contribution >= 4 is 5.69 Å². The normalized spacial score (nSPS) is 14.2. The lowest BCUT2D eigenvalue weighted by Crippen LogP contribution is -2.32. The van der Waals surface area contributed by atoms with Crippen molar-refractivity contribution in [3.05, 3.63) is 33.6 Å². The molecule has 1 N–H and O–H groups in total. The number of rotatable bonds is 6. The van der Waals surface area contributed by atoms with Crippen LogP contribution in [0.3, 0.4) is 0 Å². The molecule has 5 nitrogen and oxygen atoms in total. The van der Waals surface area contributed by atoms with Gasteiger partial charge in [-0.1, -0.05) is 13.8 Å². The highest BCUT2D eigenvalue weighted by atomic mass is 16.6. The molecule has 0 aliphatic carbocycles. The summed E-state index contributed by atoms with van der Waals surface area (Å²) in [5, 5.41) is 14.5. The van der Waals surface area contributed by atoms with Gasteiger partial charge in [-0.15, -0.1) is 0 Å². The molecule has 0 aliphatic heterocycles.